The van der Waals surface area contributed by atoms with Crippen molar-refractivity contribution in [2.45, 2.75) is 6.92 Å². The lowest BCUT2D eigenvalue weighted by molar-refractivity contribution is -0.111. The summed E-state index contributed by atoms with van der Waals surface area (Å²) in [5.41, 5.74) is 2.30. The number of aryl methyl sites for hydroxylation is 1. The van der Waals surface area contributed by atoms with E-state index in [0.717, 1.165) is 11.1 Å². The van der Waals surface area contributed by atoms with Crippen molar-refractivity contribution < 1.29 is 9.53 Å². The summed E-state index contributed by atoms with van der Waals surface area (Å²) in [5, 5.41) is 3.36. The van der Waals surface area contributed by atoms with E-state index >= 15 is 0 Å². The average molecular weight is 303 g/mol. The fraction of sp³-hybridized carbons (Fsp3) is 0.125. The highest BCUT2D eigenvalue weighted by molar-refractivity contribution is 6.31. The number of amides is 1. The lowest BCUT2D eigenvalue weighted by Gasteiger charge is -2.11. The molecule has 0 aliphatic carbocycles. The van der Waals surface area contributed by atoms with Gasteiger partial charge >= 0.3 is 0 Å². The fourth-order valence-corrected chi connectivity index (χ4v) is 1.90. The minimum Gasteiger partial charge on any atom is -0.495 e. The molecule has 1 aromatic carbocycles. The second-order valence-electron chi connectivity index (χ2n) is 4.41. The van der Waals surface area contributed by atoms with Gasteiger partial charge < -0.3 is 10.1 Å². The number of pyridine rings is 1. The number of nitrogens with one attached hydrogen (secondary N) is 1. The van der Waals surface area contributed by atoms with Crippen molar-refractivity contribution in [1.29, 1.82) is 0 Å². The van der Waals surface area contributed by atoms with Crippen LogP contribution in [-0.4, -0.2) is 18.0 Å². The normalized spacial score (nSPS) is 10.6. The third-order valence-corrected chi connectivity index (χ3v) is 3.26. The minimum absolute atomic E-state index is 0.251. The van der Waals surface area contributed by atoms with Crippen molar-refractivity contribution in [1.82, 2.24) is 4.98 Å². The summed E-state index contributed by atoms with van der Waals surface area (Å²) in [4.78, 5) is 15.9. The van der Waals surface area contributed by atoms with Gasteiger partial charge in [-0.25, -0.2) is 0 Å². The van der Waals surface area contributed by atoms with Gasteiger partial charge in [-0.3, -0.25) is 9.78 Å². The Morgan fingerprint density at radius 3 is 2.90 bits per heavy atom. The molecule has 2 rings (SSSR count). The number of anilines is 1. The number of halogens is 1. The van der Waals surface area contributed by atoms with Gasteiger partial charge in [-0.15, -0.1) is 0 Å². The zero-order chi connectivity index (χ0) is 15.2. The second-order valence-corrected chi connectivity index (χ2v) is 4.82. The van der Waals surface area contributed by atoms with E-state index in [2.05, 4.69) is 10.3 Å². The number of hydrogen-bond acceptors (Lipinski definition) is 3. The Bertz CT molecular complexity index is 669. The van der Waals surface area contributed by atoms with Crippen LogP contribution in [0.2, 0.25) is 5.02 Å². The Morgan fingerprint density at radius 2 is 2.24 bits per heavy atom. The summed E-state index contributed by atoms with van der Waals surface area (Å²) in [7, 11) is 1.53. The molecule has 0 aliphatic rings. The molecule has 1 amide bonds. The predicted octanol–water partition coefficient (Wildman–Crippen LogP) is 3.70. The van der Waals surface area contributed by atoms with Crippen LogP contribution in [-0.2, 0) is 4.79 Å². The van der Waals surface area contributed by atoms with Gasteiger partial charge in [-0.2, -0.15) is 0 Å². The van der Waals surface area contributed by atoms with Crippen LogP contribution in [0.15, 0.2) is 42.7 Å². The highest BCUT2D eigenvalue weighted by atomic mass is 35.5. The molecule has 21 heavy (non-hydrogen) atoms. The van der Waals surface area contributed by atoms with E-state index in [1.54, 1.807) is 30.6 Å². The minimum atomic E-state index is -0.251. The van der Waals surface area contributed by atoms with E-state index in [0.29, 0.717) is 16.5 Å². The molecule has 1 heterocycles. The first-order valence-electron chi connectivity index (χ1n) is 6.33. The Hall–Kier alpha value is -2.33. The van der Waals surface area contributed by atoms with Gasteiger partial charge in [-0.1, -0.05) is 17.7 Å². The number of rotatable bonds is 4. The summed E-state index contributed by atoms with van der Waals surface area (Å²) in [6.07, 6.45) is 6.49. The zero-order valence-electron chi connectivity index (χ0n) is 11.8. The van der Waals surface area contributed by atoms with Crippen molar-refractivity contribution in [2.75, 3.05) is 12.4 Å². The third kappa shape index (κ3) is 4.07. The Labute approximate surface area is 128 Å². The summed E-state index contributed by atoms with van der Waals surface area (Å²) in [6, 6.07) is 7.13. The van der Waals surface area contributed by atoms with Crippen LogP contribution in [0.1, 0.15) is 11.1 Å². The van der Waals surface area contributed by atoms with Gasteiger partial charge in [0.05, 0.1) is 12.8 Å². The molecule has 4 nitrogen and oxygen atoms in total. The molecule has 0 saturated carbocycles. The molecule has 0 atom stereocenters. The van der Waals surface area contributed by atoms with Crippen molar-refractivity contribution in [3.8, 4) is 5.75 Å². The molecule has 5 heteroatoms. The Kier molecular flexibility index (Phi) is 4.95. The molecule has 0 aliphatic heterocycles. The van der Waals surface area contributed by atoms with Crippen molar-refractivity contribution in [3.05, 3.63) is 58.9 Å². The predicted molar refractivity (Wildman–Crippen MR) is 84.6 cm³/mol. The maximum Gasteiger partial charge on any atom is 0.248 e. The van der Waals surface area contributed by atoms with Crippen LogP contribution in [0.3, 0.4) is 0 Å². The Balaban J connectivity index is 2.13. The van der Waals surface area contributed by atoms with Gasteiger partial charge in [0, 0.05) is 29.6 Å². The average Bonchev–Trinajstić information content (AvgIpc) is 2.49. The first-order valence-corrected chi connectivity index (χ1v) is 6.71. The maximum absolute atomic E-state index is 11.9. The number of carbonyl (C=O) groups excluding carboxylic acids is 1. The molecule has 1 aromatic heterocycles. The van der Waals surface area contributed by atoms with Crippen LogP contribution in [0, 0.1) is 6.92 Å². The smallest absolute Gasteiger partial charge is 0.248 e. The third-order valence-electron chi connectivity index (χ3n) is 2.85. The highest BCUT2D eigenvalue weighted by Crippen LogP contribution is 2.30. The van der Waals surface area contributed by atoms with E-state index in [9.17, 15) is 4.79 Å². The van der Waals surface area contributed by atoms with E-state index in [4.69, 9.17) is 16.3 Å². The monoisotopic (exact) mass is 302 g/mol. The number of aromatic nitrogens is 1. The van der Waals surface area contributed by atoms with Crippen LogP contribution in [0.25, 0.3) is 6.08 Å². The van der Waals surface area contributed by atoms with Crippen LogP contribution < -0.4 is 10.1 Å². The number of carbonyl (C=O) groups is 1. The SMILES string of the molecule is COc1cc(Cl)c(C)cc1NC(=O)/C=C/c1cccnc1. The molecule has 0 bridgehead atoms. The van der Waals surface area contributed by atoms with Crippen LogP contribution >= 0.6 is 11.6 Å². The molecule has 0 saturated heterocycles. The topological polar surface area (TPSA) is 51.2 Å². The molecule has 0 unspecified atom stereocenters. The van der Waals surface area contributed by atoms with Gasteiger partial charge in [0.15, 0.2) is 0 Å². The van der Waals surface area contributed by atoms with E-state index in [-0.39, 0.29) is 5.91 Å². The first-order chi connectivity index (χ1) is 10.1. The molecule has 0 radical (unpaired) electrons. The summed E-state index contributed by atoms with van der Waals surface area (Å²) < 4.78 is 5.21. The summed E-state index contributed by atoms with van der Waals surface area (Å²) >= 11 is 6.03. The van der Waals surface area contributed by atoms with Gasteiger partial charge in [0.1, 0.15) is 5.75 Å². The molecular formula is C16H15ClN2O2. The molecular weight excluding hydrogens is 288 g/mol. The molecule has 0 spiro atoms. The van der Waals surface area contributed by atoms with Gasteiger partial charge in [-0.05, 0) is 36.3 Å². The van der Waals surface area contributed by atoms with Crippen molar-refractivity contribution >= 4 is 29.3 Å². The van der Waals surface area contributed by atoms with E-state index in [1.807, 2.05) is 19.1 Å². The lowest BCUT2D eigenvalue weighted by Crippen LogP contribution is -2.09. The first kappa shape index (κ1) is 15.1. The fourth-order valence-electron chi connectivity index (χ4n) is 1.75. The number of nitrogens with zero attached hydrogens (tertiary/aromatic N) is 1. The zero-order valence-corrected chi connectivity index (χ0v) is 12.5. The van der Waals surface area contributed by atoms with E-state index in [1.165, 1.54) is 13.2 Å². The summed E-state index contributed by atoms with van der Waals surface area (Å²) in [6.45, 7) is 1.86. The molecule has 1 N–H and O–H groups in total. The number of benzene rings is 1. The van der Waals surface area contributed by atoms with Crippen LogP contribution in [0.4, 0.5) is 5.69 Å². The second kappa shape index (κ2) is 6.90. The highest BCUT2D eigenvalue weighted by Gasteiger charge is 2.08. The van der Waals surface area contributed by atoms with Gasteiger partial charge in [0.25, 0.3) is 0 Å². The standard InChI is InChI=1S/C16H15ClN2O2/c1-11-8-14(15(21-2)9-13(11)17)19-16(20)6-5-12-4-3-7-18-10-12/h3-10H,1-2H3,(H,19,20)/b6-5+. The number of hydrogen-bond donors (Lipinski definition) is 1. The lowest BCUT2D eigenvalue weighted by atomic mass is 10.2. The van der Waals surface area contributed by atoms with Crippen molar-refractivity contribution in [2.24, 2.45) is 0 Å². The van der Waals surface area contributed by atoms with Gasteiger partial charge in [0.2, 0.25) is 5.91 Å². The number of methoxy groups -OCH3 is 1. The van der Waals surface area contributed by atoms with E-state index < -0.39 is 0 Å². The van der Waals surface area contributed by atoms with Crippen molar-refractivity contribution in [3.63, 3.8) is 0 Å². The molecule has 2 aromatic rings. The van der Waals surface area contributed by atoms with Crippen LogP contribution in [0.5, 0.6) is 5.75 Å². The largest absolute Gasteiger partial charge is 0.495 e. The number of ether oxygens (including phenoxy) is 1. The quantitative estimate of drug-likeness (QED) is 0.876. The maximum atomic E-state index is 11.9. The summed E-state index contributed by atoms with van der Waals surface area (Å²) in [5.74, 6) is 0.271. The Morgan fingerprint density at radius 1 is 1.43 bits per heavy atom. The molecule has 108 valence electrons. The molecule has 0 fully saturated rings.